The summed E-state index contributed by atoms with van der Waals surface area (Å²) in [5.41, 5.74) is 1.64. The maximum Gasteiger partial charge on any atom is 0.247 e. The molecule has 0 aliphatic carbocycles. The van der Waals surface area contributed by atoms with Crippen LogP contribution in [0.15, 0.2) is 42.5 Å². The van der Waals surface area contributed by atoms with Gasteiger partial charge in [-0.25, -0.2) is 8.42 Å². The SMILES string of the molecule is COc1ccc(C)cc1N([C@@H](C)C(=O)Nc1cccc(Cl)c1)S(C)(=O)=O. The van der Waals surface area contributed by atoms with Crippen LogP contribution in [0.2, 0.25) is 5.02 Å². The van der Waals surface area contributed by atoms with Crippen molar-refractivity contribution in [1.29, 1.82) is 0 Å². The highest BCUT2D eigenvalue weighted by Gasteiger charge is 2.31. The van der Waals surface area contributed by atoms with Crippen molar-refractivity contribution in [2.45, 2.75) is 19.9 Å². The van der Waals surface area contributed by atoms with Gasteiger partial charge in [-0.2, -0.15) is 0 Å². The lowest BCUT2D eigenvalue weighted by Gasteiger charge is -2.29. The second kappa shape index (κ2) is 7.97. The zero-order valence-corrected chi connectivity index (χ0v) is 16.6. The Kier molecular flexibility index (Phi) is 6.15. The monoisotopic (exact) mass is 396 g/mol. The van der Waals surface area contributed by atoms with Crippen LogP contribution in [0.5, 0.6) is 5.75 Å². The average molecular weight is 397 g/mol. The molecular formula is C18H21ClN2O4S. The average Bonchev–Trinajstić information content (AvgIpc) is 2.54. The Morgan fingerprint density at radius 1 is 1.23 bits per heavy atom. The molecule has 0 bridgehead atoms. The number of rotatable bonds is 6. The van der Waals surface area contributed by atoms with E-state index < -0.39 is 22.0 Å². The number of anilines is 2. The van der Waals surface area contributed by atoms with Gasteiger partial charge in [-0.1, -0.05) is 23.7 Å². The summed E-state index contributed by atoms with van der Waals surface area (Å²) in [7, 11) is -2.30. The number of carbonyl (C=O) groups excluding carboxylic acids is 1. The minimum absolute atomic E-state index is 0.309. The summed E-state index contributed by atoms with van der Waals surface area (Å²) in [5.74, 6) is -0.121. The predicted octanol–water partition coefficient (Wildman–Crippen LogP) is 3.45. The molecule has 0 spiro atoms. The second-order valence-corrected chi connectivity index (χ2v) is 8.21. The molecule has 140 valence electrons. The van der Waals surface area contributed by atoms with E-state index in [0.29, 0.717) is 22.1 Å². The smallest absolute Gasteiger partial charge is 0.247 e. The van der Waals surface area contributed by atoms with E-state index in [1.54, 1.807) is 42.5 Å². The zero-order valence-electron chi connectivity index (χ0n) is 15.0. The summed E-state index contributed by atoms with van der Waals surface area (Å²) in [6, 6.07) is 10.8. The first-order valence-electron chi connectivity index (χ1n) is 7.84. The van der Waals surface area contributed by atoms with E-state index in [-0.39, 0.29) is 0 Å². The fraction of sp³-hybridized carbons (Fsp3) is 0.278. The van der Waals surface area contributed by atoms with Gasteiger partial charge in [0.15, 0.2) is 0 Å². The van der Waals surface area contributed by atoms with Gasteiger partial charge in [-0.05, 0) is 49.7 Å². The third-order valence-corrected chi connectivity index (χ3v) is 5.22. The molecule has 8 heteroatoms. The van der Waals surface area contributed by atoms with Gasteiger partial charge in [-0.3, -0.25) is 9.10 Å². The minimum Gasteiger partial charge on any atom is -0.495 e. The van der Waals surface area contributed by atoms with Gasteiger partial charge in [0.1, 0.15) is 11.8 Å². The Morgan fingerprint density at radius 3 is 2.50 bits per heavy atom. The molecule has 0 aromatic heterocycles. The Morgan fingerprint density at radius 2 is 1.92 bits per heavy atom. The van der Waals surface area contributed by atoms with E-state index in [1.807, 2.05) is 6.92 Å². The highest BCUT2D eigenvalue weighted by atomic mass is 35.5. The number of benzene rings is 2. The highest BCUT2D eigenvalue weighted by molar-refractivity contribution is 7.92. The molecule has 0 aliphatic heterocycles. The lowest BCUT2D eigenvalue weighted by Crippen LogP contribution is -2.45. The molecule has 2 aromatic rings. The number of methoxy groups -OCH3 is 1. The quantitative estimate of drug-likeness (QED) is 0.811. The van der Waals surface area contributed by atoms with Gasteiger partial charge >= 0.3 is 0 Å². The predicted molar refractivity (Wildman–Crippen MR) is 105 cm³/mol. The molecule has 2 rings (SSSR count). The normalized spacial score (nSPS) is 12.3. The van der Waals surface area contributed by atoms with Crippen molar-refractivity contribution in [3.8, 4) is 5.75 Å². The third kappa shape index (κ3) is 4.68. The number of sulfonamides is 1. The lowest BCUT2D eigenvalue weighted by molar-refractivity contribution is -0.116. The molecule has 0 fully saturated rings. The Labute approximate surface area is 158 Å². The van der Waals surface area contributed by atoms with E-state index in [4.69, 9.17) is 16.3 Å². The number of halogens is 1. The molecule has 0 unspecified atom stereocenters. The number of nitrogens with one attached hydrogen (secondary N) is 1. The van der Waals surface area contributed by atoms with Gasteiger partial charge in [0.25, 0.3) is 0 Å². The molecule has 2 aromatic carbocycles. The maximum atomic E-state index is 12.7. The molecule has 6 nitrogen and oxygen atoms in total. The summed E-state index contributed by atoms with van der Waals surface area (Å²) in [4.78, 5) is 12.7. The van der Waals surface area contributed by atoms with E-state index in [1.165, 1.54) is 14.0 Å². The summed E-state index contributed by atoms with van der Waals surface area (Å²) >= 11 is 5.92. The van der Waals surface area contributed by atoms with Gasteiger partial charge < -0.3 is 10.1 Å². The van der Waals surface area contributed by atoms with Crippen LogP contribution in [0.25, 0.3) is 0 Å². The van der Waals surface area contributed by atoms with Crippen molar-refractivity contribution in [1.82, 2.24) is 0 Å². The van der Waals surface area contributed by atoms with Crippen LogP contribution >= 0.6 is 11.6 Å². The lowest BCUT2D eigenvalue weighted by atomic mass is 10.2. The minimum atomic E-state index is -3.75. The van der Waals surface area contributed by atoms with E-state index in [9.17, 15) is 13.2 Å². The molecule has 0 aliphatic rings. The number of aryl methyl sites for hydroxylation is 1. The van der Waals surface area contributed by atoms with E-state index in [0.717, 1.165) is 16.1 Å². The van der Waals surface area contributed by atoms with Crippen LogP contribution in [0.4, 0.5) is 11.4 Å². The van der Waals surface area contributed by atoms with Crippen molar-refractivity contribution in [2.24, 2.45) is 0 Å². The van der Waals surface area contributed by atoms with Crippen molar-refractivity contribution >= 4 is 38.9 Å². The van der Waals surface area contributed by atoms with Crippen molar-refractivity contribution in [3.05, 3.63) is 53.1 Å². The van der Waals surface area contributed by atoms with E-state index >= 15 is 0 Å². The zero-order chi connectivity index (χ0) is 19.5. The number of ether oxygens (including phenoxy) is 1. The Hall–Kier alpha value is -2.25. The second-order valence-electron chi connectivity index (χ2n) is 5.91. The molecule has 0 radical (unpaired) electrons. The largest absolute Gasteiger partial charge is 0.495 e. The number of hydrogen-bond donors (Lipinski definition) is 1. The first kappa shape index (κ1) is 20.1. The van der Waals surface area contributed by atoms with Crippen molar-refractivity contribution < 1.29 is 17.9 Å². The Balaban J connectivity index is 2.41. The van der Waals surface area contributed by atoms with Crippen molar-refractivity contribution in [3.63, 3.8) is 0 Å². The molecule has 0 saturated carbocycles. The van der Waals surface area contributed by atoms with Gasteiger partial charge in [0, 0.05) is 10.7 Å². The van der Waals surface area contributed by atoms with Crippen LogP contribution in [0.1, 0.15) is 12.5 Å². The van der Waals surface area contributed by atoms with Crippen LogP contribution in [-0.4, -0.2) is 33.7 Å². The fourth-order valence-corrected chi connectivity index (χ4v) is 3.93. The van der Waals surface area contributed by atoms with Crippen LogP contribution in [0, 0.1) is 6.92 Å². The summed E-state index contributed by atoms with van der Waals surface area (Å²) < 4.78 is 31.2. The molecular weight excluding hydrogens is 376 g/mol. The molecule has 26 heavy (non-hydrogen) atoms. The van der Waals surface area contributed by atoms with Crippen LogP contribution in [-0.2, 0) is 14.8 Å². The van der Waals surface area contributed by atoms with Crippen molar-refractivity contribution in [2.75, 3.05) is 23.0 Å². The molecule has 1 atom stereocenters. The summed E-state index contributed by atoms with van der Waals surface area (Å²) in [6.07, 6.45) is 1.05. The fourth-order valence-electron chi connectivity index (χ4n) is 2.57. The van der Waals surface area contributed by atoms with Gasteiger partial charge in [-0.15, -0.1) is 0 Å². The molecule has 1 amide bonds. The topological polar surface area (TPSA) is 75.7 Å². The standard InChI is InChI=1S/C18H21ClN2O4S/c1-12-8-9-17(25-3)16(10-12)21(26(4,23)24)13(2)18(22)20-15-7-5-6-14(19)11-15/h5-11,13H,1-4H3,(H,20,22)/t13-/m0/s1. The number of hydrogen-bond acceptors (Lipinski definition) is 4. The van der Waals surface area contributed by atoms with E-state index in [2.05, 4.69) is 5.32 Å². The first-order chi connectivity index (χ1) is 12.1. The Bertz CT molecular complexity index is 915. The molecule has 1 N–H and O–H groups in total. The number of nitrogens with zero attached hydrogens (tertiary/aromatic N) is 1. The number of amides is 1. The summed E-state index contributed by atoms with van der Waals surface area (Å²) in [6.45, 7) is 3.35. The highest BCUT2D eigenvalue weighted by Crippen LogP contribution is 2.32. The van der Waals surface area contributed by atoms with Crippen LogP contribution in [0.3, 0.4) is 0 Å². The maximum absolute atomic E-state index is 12.7. The first-order valence-corrected chi connectivity index (χ1v) is 10.1. The van der Waals surface area contributed by atoms with Gasteiger partial charge in [0.2, 0.25) is 15.9 Å². The van der Waals surface area contributed by atoms with Gasteiger partial charge in [0.05, 0.1) is 19.1 Å². The van der Waals surface area contributed by atoms with Crippen LogP contribution < -0.4 is 14.4 Å². The molecule has 0 heterocycles. The number of carbonyl (C=O) groups is 1. The third-order valence-electron chi connectivity index (χ3n) is 3.75. The molecule has 0 saturated heterocycles. The summed E-state index contributed by atoms with van der Waals surface area (Å²) in [5, 5.41) is 3.15.